The molecule has 3 rings (SSSR count). The minimum absolute atomic E-state index is 0.388. The summed E-state index contributed by atoms with van der Waals surface area (Å²) < 4.78 is 2.23. The molecule has 0 N–H and O–H groups in total. The molecule has 1 aromatic carbocycles. The van der Waals surface area contributed by atoms with Gasteiger partial charge in [0.25, 0.3) is 0 Å². The molecule has 0 aliphatic heterocycles. The average molecular weight is 211 g/mol. The Kier molecular flexibility index (Phi) is 1.93. The zero-order chi connectivity index (χ0) is 11.1. The summed E-state index contributed by atoms with van der Waals surface area (Å²) in [6.45, 7) is 4.33. The maximum absolute atomic E-state index is 4.25. The lowest BCUT2D eigenvalue weighted by atomic mass is 10.2. The second kappa shape index (κ2) is 3.30. The summed E-state index contributed by atoms with van der Waals surface area (Å²) in [5, 5.41) is 10.7. The molecule has 0 saturated carbocycles. The fourth-order valence-corrected chi connectivity index (χ4v) is 2.26. The number of fused-ring (bicyclic) bond motifs is 3. The third-order valence-electron chi connectivity index (χ3n) is 2.90. The molecule has 0 aliphatic rings. The van der Waals surface area contributed by atoms with Crippen LogP contribution in [-0.4, -0.2) is 14.8 Å². The lowest BCUT2D eigenvalue weighted by Crippen LogP contribution is -2.01. The molecular weight excluding hydrogens is 198 g/mol. The molecule has 3 aromatic rings. The van der Waals surface area contributed by atoms with Crippen LogP contribution in [0, 0.1) is 0 Å². The van der Waals surface area contributed by atoms with Crippen molar-refractivity contribution < 1.29 is 0 Å². The lowest BCUT2D eigenvalue weighted by Gasteiger charge is -2.09. The van der Waals surface area contributed by atoms with Crippen molar-refractivity contribution >= 4 is 21.9 Å². The minimum atomic E-state index is 0.388. The Hall–Kier alpha value is -1.90. The van der Waals surface area contributed by atoms with Crippen LogP contribution >= 0.6 is 0 Å². The Morgan fingerprint density at radius 3 is 2.69 bits per heavy atom. The maximum atomic E-state index is 4.25. The molecular formula is C13H13N3. The van der Waals surface area contributed by atoms with E-state index in [1.807, 2.05) is 6.07 Å². The van der Waals surface area contributed by atoms with Crippen molar-refractivity contribution in [2.24, 2.45) is 0 Å². The molecule has 0 unspecified atom stereocenters. The number of hydrogen-bond acceptors (Lipinski definition) is 2. The molecule has 3 nitrogen and oxygen atoms in total. The molecule has 0 atom stereocenters. The second-order valence-electron chi connectivity index (χ2n) is 4.25. The lowest BCUT2D eigenvalue weighted by molar-refractivity contribution is 0.634. The first kappa shape index (κ1) is 9.33. The Bertz CT molecular complexity index is 599. The normalized spacial score (nSPS) is 11.7. The molecule has 0 amide bonds. The van der Waals surface area contributed by atoms with Gasteiger partial charge in [0, 0.05) is 16.8 Å². The van der Waals surface area contributed by atoms with Crippen LogP contribution in [0.5, 0.6) is 0 Å². The van der Waals surface area contributed by atoms with Crippen molar-refractivity contribution in [3.63, 3.8) is 0 Å². The van der Waals surface area contributed by atoms with E-state index in [1.165, 1.54) is 16.3 Å². The second-order valence-corrected chi connectivity index (χ2v) is 4.25. The van der Waals surface area contributed by atoms with Gasteiger partial charge in [-0.15, -0.1) is 5.10 Å². The topological polar surface area (TPSA) is 30.7 Å². The molecule has 0 saturated heterocycles. The van der Waals surface area contributed by atoms with E-state index in [0.717, 1.165) is 5.65 Å². The van der Waals surface area contributed by atoms with Gasteiger partial charge >= 0.3 is 0 Å². The molecule has 80 valence electrons. The zero-order valence-corrected chi connectivity index (χ0v) is 9.38. The SMILES string of the molecule is CC(C)n1c2ccccc2c2ccnnc21. The Labute approximate surface area is 93.7 Å². The van der Waals surface area contributed by atoms with E-state index in [4.69, 9.17) is 0 Å². The summed E-state index contributed by atoms with van der Waals surface area (Å²) in [5.74, 6) is 0. The molecule has 2 aromatic heterocycles. The number of benzene rings is 1. The van der Waals surface area contributed by atoms with Gasteiger partial charge < -0.3 is 4.57 Å². The van der Waals surface area contributed by atoms with Gasteiger partial charge in [0.1, 0.15) is 0 Å². The predicted molar refractivity (Wildman–Crippen MR) is 65.4 cm³/mol. The number of aromatic nitrogens is 3. The van der Waals surface area contributed by atoms with Crippen LogP contribution < -0.4 is 0 Å². The fourth-order valence-electron chi connectivity index (χ4n) is 2.26. The van der Waals surface area contributed by atoms with Crippen LogP contribution in [0.4, 0.5) is 0 Å². The quantitative estimate of drug-likeness (QED) is 0.619. The van der Waals surface area contributed by atoms with Gasteiger partial charge in [-0.3, -0.25) is 0 Å². The van der Waals surface area contributed by atoms with Gasteiger partial charge in [0.05, 0.1) is 11.7 Å². The minimum Gasteiger partial charge on any atom is -0.321 e. The van der Waals surface area contributed by atoms with Crippen LogP contribution in [0.1, 0.15) is 19.9 Å². The fraction of sp³-hybridized carbons (Fsp3) is 0.231. The molecule has 0 spiro atoms. The van der Waals surface area contributed by atoms with Gasteiger partial charge in [-0.2, -0.15) is 5.10 Å². The van der Waals surface area contributed by atoms with Gasteiger partial charge in [-0.1, -0.05) is 18.2 Å². The standard InChI is InChI=1S/C13H13N3/c1-9(2)16-12-6-4-3-5-10(12)11-7-8-14-15-13(11)16/h3-9H,1-2H3. The van der Waals surface area contributed by atoms with E-state index in [2.05, 4.69) is 52.9 Å². The molecule has 0 fully saturated rings. The highest BCUT2D eigenvalue weighted by atomic mass is 15.2. The van der Waals surface area contributed by atoms with Crippen molar-refractivity contribution in [2.75, 3.05) is 0 Å². The zero-order valence-electron chi connectivity index (χ0n) is 9.38. The van der Waals surface area contributed by atoms with Crippen LogP contribution in [0.25, 0.3) is 21.9 Å². The predicted octanol–water partition coefficient (Wildman–Crippen LogP) is 3.17. The van der Waals surface area contributed by atoms with Crippen molar-refractivity contribution in [2.45, 2.75) is 19.9 Å². The Morgan fingerprint density at radius 1 is 1.06 bits per heavy atom. The molecule has 3 heteroatoms. The molecule has 0 aliphatic carbocycles. The van der Waals surface area contributed by atoms with Crippen molar-refractivity contribution in [3.05, 3.63) is 36.5 Å². The first-order valence-electron chi connectivity index (χ1n) is 5.49. The van der Waals surface area contributed by atoms with Crippen LogP contribution in [0.15, 0.2) is 36.5 Å². The summed E-state index contributed by atoms with van der Waals surface area (Å²) in [6.07, 6.45) is 1.75. The van der Waals surface area contributed by atoms with Crippen LogP contribution in [-0.2, 0) is 0 Å². The van der Waals surface area contributed by atoms with Crippen molar-refractivity contribution in [3.8, 4) is 0 Å². The van der Waals surface area contributed by atoms with E-state index in [-0.39, 0.29) is 0 Å². The summed E-state index contributed by atoms with van der Waals surface area (Å²) in [4.78, 5) is 0. The Morgan fingerprint density at radius 2 is 1.88 bits per heavy atom. The smallest absolute Gasteiger partial charge is 0.163 e. The highest BCUT2D eigenvalue weighted by Crippen LogP contribution is 2.29. The number of rotatable bonds is 1. The maximum Gasteiger partial charge on any atom is 0.163 e. The summed E-state index contributed by atoms with van der Waals surface area (Å²) in [5.41, 5.74) is 2.20. The third kappa shape index (κ3) is 1.14. The molecule has 2 heterocycles. The molecule has 16 heavy (non-hydrogen) atoms. The monoisotopic (exact) mass is 211 g/mol. The highest BCUT2D eigenvalue weighted by molar-refractivity contribution is 6.06. The molecule has 0 bridgehead atoms. The summed E-state index contributed by atoms with van der Waals surface area (Å²) in [7, 11) is 0. The van der Waals surface area contributed by atoms with Crippen LogP contribution in [0.3, 0.4) is 0 Å². The van der Waals surface area contributed by atoms with Crippen LogP contribution in [0.2, 0.25) is 0 Å². The molecule has 0 radical (unpaired) electrons. The van der Waals surface area contributed by atoms with E-state index in [0.29, 0.717) is 6.04 Å². The van der Waals surface area contributed by atoms with E-state index >= 15 is 0 Å². The van der Waals surface area contributed by atoms with Crippen molar-refractivity contribution in [1.29, 1.82) is 0 Å². The number of nitrogens with zero attached hydrogens (tertiary/aromatic N) is 3. The van der Waals surface area contributed by atoms with Gasteiger partial charge in [-0.25, -0.2) is 0 Å². The highest BCUT2D eigenvalue weighted by Gasteiger charge is 2.12. The van der Waals surface area contributed by atoms with Gasteiger partial charge in [0.2, 0.25) is 0 Å². The van der Waals surface area contributed by atoms with E-state index in [1.54, 1.807) is 6.20 Å². The van der Waals surface area contributed by atoms with E-state index in [9.17, 15) is 0 Å². The third-order valence-corrected chi connectivity index (χ3v) is 2.90. The Balaban J connectivity index is 2.59. The van der Waals surface area contributed by atoms with Gasteiger partial charge in [0.15, 0.2) is 5.65 Å². The number of hydrogen-bond donors (Lipinski definition) is 0. The van der Waals surface area contributed by atoms with Gasteiger partial charge in [-0.05, 0) is 26.0 Å². The number of para-hydroxylation sites is 1. The summed E-state index contributed by atoms with van der Waals surface area (Å²) >= 11 is 0. The van der Waals surface area contributed by atoms with E-state index < -0.39 is 0 Å². The first-order chi connectivity index (χ1) is 7.79. The average Bonchev–Trinajstić information content (AvgIpc) is 2.63. The largest absolute Gasteiger partial charge is 0.321 e. The van der Waals surface area contributed by atoms with Crippen molar-refractivity contribution in [1.82, 2.24) is 14.8 Å². The first-order valence-corrected chi connectivity index (χ1v) is 5.49. The summed E-state index contributed by atoms with van der Waals surface area (Å²) in [6, 6.07) is 10.8.